The molecule has 5 heteroatoms. The second-order valence-corrected chi connectivity index (χ2v) is 4.96. The Kier molecular flexibility index (Phi) is 2.50. The van der Waals surface area contributed by atoms with Crippen LogP contribution < -0.4 is 0 Å². The van der Waals surface area contributed by atoms with E-state index in [2.05, 4.69) is 5.10 Å². The van der Waals surface area contributed by atoms with Gasteiger partial charge in [0.1, 0.15) is 0 Å². The molecular formula is C11H16N2O3. The monoisotopic (exact) mass is 224 g/mol. The number of carboxylic acids is 1. The minimum absolute atomic E-state index is 0.129. The van der Waals surface area contributed by atoms with Gasteiger partial charge < -0.3 is 9.84 Å². The standard InChI is InChI=1S/C11H16N2O3/c1-11(2,3)13-8-4-5-16-6-7(8)9(12-13)10(14)15/h4-6H2,1-3H3,(H,14,15). The van der Waals surface area contributed by atoms with Gasteiger partial charge in [-0.2, -0.15) is 5.10 Å². The molecule has 88 valence electrons. The summed E-state index contributed by atoms with van der Waals surface area (Å²) in [5, 5.41) is 13.3. The number of fused-ring (bicyclic) bond motifs is 1. The van der Waals surface area contributed by atoms with Crippen molar-refractivity contribution < 1.29 is 14.6 Å². The molecule has 1 aromatic heterocycles. The molecule has 0 spiro atoms. The molecule has 0 bridgehead atoms. The minimum atomic E-state index is -0.982. The van der Waals surface area contributed by atoms with E-state index in [0.717, 1.165) is 17.7 Å². The molecule has 0 unspecified atom stereocenters. The summed E-state index contributed by atoms with van der Waals surface area (Å²) in [5.74, 6) is -0.982. The van der Waals surface area contributed by atoms with E-state index in [1.807, 2.05) is 25.5 Å². The number of aromatic carboxylic acids is 1. The molecule has 0 amide bonds. The van der Waals surface area contributed by atoms with Crippen LogP contribution in [-0.4, -0.2) is 27.5 Å². The Morgan fingerprint density at radius 1 is 1.50 bits per heavy atom. The Hall–Kier alpha value is -1.36. The summed E-state index contributed by atoms with van der Waals surface area (Å²) in [6, 6.07) is 0. The van der Waals surface area contributed by atoms with Crippen molar-refractivity contribution in [1.82, 2.24) is 9.78 Å². The molecular weight excluding hydrogens is 208 g/mol. The van der Waals surface area contributed by atoms with Gasteiger partial charge in [-0.1, -0.05) is 0 Å². The van der Waals surface area contributed by atoms with Crippen LogP contribution in [0.25, 0.3) is 0 Å². The predicted octanol–water partition coefficient (Wildman–Crippen LogP) is 1.41. The zero-order valence-corrected chi connectivity index (χ0v) is 9.78. The van der Waals surface area contributed by atoms with E-state index in [1.54, 1.807) is 0 Å². The Balaban J connectivity index is 2.59. The second kappa shape index (κ2) is 3.59. The van der Waals surface area contributed by atoms with E-state index in [-0.39, 0.29) is 11.2 Å². The van der Waals surface area contributed by atoms with Crippen LogP contribution >= 0.6 is 0 Å². The van der Waals surface area contributed by atoms with E-state index in [1.165, 1.54) is 0 Å². The highest BCUT2D eigenvalue weighted by Gasteiger charge is 2.29. The maximum atomic E-state index is 11.1. The quantitative estimate of drug-likeness (QED) is 0.783. The Morgan fingerprint density at radius 3 is 2.75 bits per heavy atom. The lowest BCUT2D eigenvalue weighted by Gasteiger charge is -2.24. The molecule has 0 radical (unpaired) electrons. The van der Waals surface area contributed by atoms with Crippen LogP contribution in [0.4, 0.5) is 0 Å². The van der Waals surface area contributed by atoms with Gasteiger partial charge in [-0.3, -0.25) is 4.68 Å². The number of ether oxygens (including phenoxy) is 1. The van der Waals surface area contributed by atoms with Crippen molar-refractivity contribution in [3.8, 4) is 0 Å². The van der Waals surface area contributed by atoms with Crippen LogP contribution in [0.3, 0.4) is 0 Å². The first-order valence-corrected chi connectivity index (χ1v) is 5.33. The van der Waals surface area contributed by atoms with Gasteiger partial charge in [0, 0.05) is 17.7 Å². The maximum absolute atomic E-state index is 11.1. The van der Waals surface area contributed by atoms with E-state index < -0.39 is 5.97 Å². The van der Waals surface area contributed by atoms with Gasteiger partial charge in [0.15, 0.2) is 5.69 Å². The highest BCUT2D eigenvalue weighted by atomic mass is 16.5. The zero-order valence-electron chi connectivity index (χ0n) is 9.78. The molecule has 0 atom stereocenters. The molecule has 0 saturated carbocycles. The van der Waals surface area contributed by atoms with Gasteiger partial charge in [0.05, 0.1) is 18.8 Å². The third-order valence-corrected chi connectivity index (χ3v) is 2.66. The van der Waals surface area contributed by atoms with Gasteiger partial charge in [-0.25, -0.2) is 4.79 Å². The van der Waals surface area contributed by atoms with Crippen molar-refractivity contribution >= 4 is 5.97 Å². The molecule has 1 aromatic rings. The average molecular weight is 224 g/mol. The SMILES string of the molecule is CC(C)(C)n1nc(C(=O)O)c2c1CCOC2. The van der Waals surface area contributed by atoms with E-state index in [0.29, 0.717) is 13.2 Å². The van der Waals surface area contributed by atoms with Gasteiger partial charge in [0.2, 0.25) is 0 Å². The summed E-state index contributed by atoms with van der Waals surface area (Å²) in [5.41, 5.74) is 1.66. The maximum Gasteiger partial charge on any atom is 0.356 e. The van der Waals surface area contributed by atoms with Gasteiger partial charge in [-0.05, 0) is 20.8 Å². The Morgan fingerprint density at radius 2 is 2.19 bits per heavy atom. The summed E-state index contributed by atoms with van der Waals surface area (Å²) < 4.78 is 7.11. The molecule has 5 nitrogen and oxygen atoms in total. The highest BCUT2D eigenvalue weighted by molar-refractivity contribution is 5.87. The first-order chi connectivity index (χ1) is 7.41. The summed E-state index contributed by atoms with van der Waals surface area (Å²) in [6.07, 6.45) is 0.729. The largest absolute Gasteiger partial charge is 0.476 e. The van der Waals surface area contributed by atoms with E-state index >= 15 is 0 Å². The number of carboxylic acid groups (broad SMARTS) is 1. The van der Waals surface area contributed by atoms with Gasteiger partial charge >= 0.3 is 5.97 Å². The van der Waals surface area contributed by atoms with Crippen LogP contribution in [0, 0.1) is 0 Å². The fraction of sp³-hybridized carbons (Fsp3) is 0.636. The third kappa shape index (κ3) is 1.71. The lowest BCUT2D eigenvalue weighted by atomic mass is 10.1. The van der Waals surface area contributed by atoms with Crippen LogP contribution in [-0.2, 0) is 23.3 Å². The van der Waals surface area contributed by atoms with Crippen molar-refractivity contribution in [2.75, 3.05) is 6.61 Å². The molecule has 1 N–H and O–H groups in total. The molecule has 2 heterocycles. The molecule has 0 fully saturated rings. The van der Waals surface area contributed by atoms with Crippen molar-refractivity contribution in [3.63, 3.8) is 0 Å². The lowest BCUT2D eigenvalue weighted by molar-refractivity contribution is 0.0677. The van der Waals surface area contributed by atoms with Crippen LogP contribution in [0.1, 0.15) is 42.5 Å². The van der Waals surface area contributed by atoms with E-state index in [4.69, 9.17) is 9.84 Å². The fourth-order valence-corrected chi connectivity index (χ4v) is 1.96. The summed E-state index contributed by atoms with van der Waals surface area (Å²) >= 11 is 0. The number of rotatable bonds is 1. The summed E-state index contributed by atoms with van der Waals surface area (Å²) in [7, 11) is 0. The van der Waals surface area contributed by atoms with Crippen molar-refractivity contribution in [2.24, 2.45) is 0 Å². The number of nitrogens with zero attached hydrogens (tertiary/aromatic N) is 2. The van der Waals surface area contributed by atoms with Gasteiger partial charge in [-0.15, -0.1) is 0 Å². The number of hydrogen-bond acceptors (Lipinski definition) is 3. The van der Waals surface area contributed by atoms with Crippen molar-refractivity contribution in [3.05, 3.63) is 17.0 Å². The Bertz CT molecular complexity index is 429. The molecule has 16 heavy (non-hydrogen) atoms. The Labute approximate surface area is 94.0 Å². The van der Waals surface area contributed by atoms with E-state index in [9.17, 15) is 4.79 Å². The number of carbonyl (C=O) groups is 1. The lowest BCUT2D eigenvalue weighted by Crippen LogP contribution is -2.27. The van der Waals surface area contributed by atoms with Crippen LogP contribution in [0.5, 0.6) is 0 Å². The van der Waals surface area contributed by atoms with Crippen LogP contribution in [0.15, 0.2) is 0 Å². The molecule has 2 rings (SSSR count). The van der Waals surface area contributed by atoms with Crippen LogP contribution in [0.2, 0.25) is 0 Å². The summed E-state index contributed by atoms with van der Waals surface area (Å²) in [4.78, 5) is 11.1. The molecule has 0 aromatic carbocycles. The normalized spacial score (nSPS) is 15.9. The number of aromatic nitrogens is 2. The zero-order chi connectivity index (χ0) is 11.9. The third-order valence-electron chi connectivity index (χ3n) is 2.66. The second-order valence-electron chi connectivity index (χ2n) is 4.96. The minimum Gasteiger partial charge on any atom is -0.476 e. The summed E-state index contributed by atoms with van der Waals surface area (Å²) in [6.45, 7) is 7.03. The molecule has 1 aliphatic heterocycles. The first kappa shape index (κ1) is 11.1. The smallest absolute Gasteiger partial charge is 0.356 e. The van der Waals surface area contributed by atoms with Gasteiger partial charge in [0.25, 0.3) is 0 Å². The molecule has 0 saturated heterocycles. The highest BCUT2D eigenvalue weighted by Crippen LogP contribution is 2.26. The fourth-order valence-electron chi connectivity index (χ4n) is 1.96. The molecule has 0 aliphatic carbocycles. The van der Waals surface area contributed by atoms with Crippen molar-refractivity contribution in [1.29, 1.82) is 0 Å². The molecule has 1 aliphatic rings. The average Bonchev–Trinajstić information content (AvgIpc) is 2.56. The first-order valence-electron chi connectivity index (χ1n) is 5.33. The topological polar surface area (TPSA) is 64.4 Å². The number of hydrogen-bond donors (Lipinski definition) is 1. The van der Waals surface area contributed by atoms with Crippen molar-refractivity contribution in [2.45, 2.75) is 39.3 Å². The predicted molar refractivity (Wildman–Crippen MR) is 57.5 cm³/mol.